The number of methoxy groups -OCH3 is 1. The molecule has 0 aromatic carbocycles. The fraction of sp³-hybridized carbons (Fsp3) is 0.444. The minimum atomic E-state index is -4.85. The molecule has 7 heteroatoms. The molecule has 0 aliphatic rings. The first-order valence-electron chi connectivity index (χ1n) is 4.18. The van der Waals surface area contributed by atoms with Gasteiger partial charge in [0, 0.05) is 6.07 Å². The zero-order chi connectivity index (χ0) is 12.5. The van der Waals surface area contributed by atoms with E-state index < -0.39 is 23.9 Å². The molecule has 0 bridgehead atoms. The summed E-state index contributed by atoms with van der Waals surface area (Å²) in [6.45, 7) is 1.08. The maximum Gasteiger partial charge on any atom is 0.418 e. The van der Waals surface area contributed by atoms with E-state index in [1.54, 1.807) is 0 Å². The van der Waals surface area contributed by atoms with Crippen molar-refractivity contribution in [2.45, 2.75) is 19.5 Å². The molecule has 0 N–H and O–H groups in total. The Labute approximate surface area is 88.1 Å². The molecule has 0 fully saturated rings. The standard InChI is InChI=1S/C9H8F5NO/c1-4-3-5(16-2)15-7(8(10)11)6(4)9(12,13)14/h3,8H,1-2H3. The first kappa shape index (κ1) is 12.7. The zero-order valence-corrected chi connectivity index (χ0v) is 8.40. The number of rotatable bonds is 2. The van der Waals surface area contributed by atoms with Gasteiger partial charge in [-0.05, 0) is 12.5 Å². The quantitative estimate of drug-likeness (QED) is 0.740. The Bertz CT molecular complexity index is 388. The van der Waals surface area contributed by atoms with Crippen LogP contribution in [0.4, 0.5) is 22.0 Å². The van der Waals surface area contributed by atoms with Crippen LogP contribution in [-0.4, -0.2) is 12.1 Å². The molecule has 0 aliphatic carbocycles. The van der Waals surface area contributed by atoms with E-state index in [4.69, 9.17) is 0 Å². The summed E-state index contributed by atoms with van der Waals surface area (Å²) in [5.74, 6) is -0.263. The van der Waals surface area contributed by atoms with Gasteiger partial charge in [-0.25, -0.2) is 13.8 Å². The third kappa shape index (κ3) is 2.40. The predicted octanol–water partition coefficient (Wildman–Crippen LogP) is 3.36. The van der Waals surface area contributed by atoms with E-state index >= 15 is 0 Å². The van der Waals surface area contributed by atoms with Crippen LogP contribution in [0.1, 0.15) is 23.2 Å². The summed E-state index contributed by atoms with van der Waals surface area (Å²) in [5, 5.41) is 0. The molecule has 0 unspecified atom stereocenters. The molecule has 1 aromatic heterocycles. The van der Waals surface area contributed by atoms with Crippen LogP contribution >= 0.6 is 0 Å². The minimum Gasteiger partial charge on any atom is -0.481 e. The minimum absolute atomic E-state index is 0.263. The average molecular weight is 241 g/mol. The van der Waals surface area contributed by atoms with Gasteiger partial charge in [0.25, 0.3) is 6.43 Å². The highest BCUT2D eigenvalue weighted by Crippen LogP contribution is 2.38. The molecule has 16 heavy (non-hydrogen) atoms. The van der Waals surface area contributed by atoms with Crippen LogP contribution < -0.4 is 4.74 Å². The van der Waals surface area contributed by atoms with Crippen LogP contribution in [0.25, 0.3) is 0 Å². The van der Waals surface area contributed by atoms with Crippen molar-refractivity contribution in [3.05, 3.63) is 22.9 Å². The smallest absolute Gasteiger partial charge is 0.418 e. The van der Waals surface area contributed by atoms with Crippen molar-refractivity contribution in [3.63, 3.8) is 0 Å². The van der Waals surface area contributed by atoms with Gasteiger partial charge < -0.3 is 4.74 Å². The lowest BCUT2D eigenvalue weighted by atomic mass is 10.1. The second-order valence-electron chi connectivity index (χ2n) is 3.04. The first-order valence-corrected chi connectivity index (χ1v) is 4.18. The highest BCUT2D eigenvalue weighted by molar-refractivity contribution is 5.37. The van der Waals surface area contributed by atoms with Crippen LogP contribution in [0.5, 0.6) is 5.88 Å². The summed E-state index contributed by atoms with van der Waals surface area (Å²) in [7, 11) is 1.14. The average Bonchev–Trinajstić information content (AvgIpc) is 2.14. The summed E-state index contributed by atoms with van der Waals surface area (Å²) in [6, 6.07) is 0.967. The molecule has 0 spiro atoms. The molecule has 2 nitrogen and oxygen atoms in total. The van der Waals surface area contributed by atoms with E-state index in [1.807, 2.05) is 0 Å². The normalized spacial score (nSPS) is 12.0. The van der Waals surface area contributed by atoms with Crippen LogP contribution in [0.15, 0.2) is 6.07 Å². The van der Waals surface area contributed by atoms with Crippen molar-refractivity contribution < 1.29 is 26.7 Å². The van der Waals surface area contributed by atoms with E-state index in [0.29, 0.717) is 0 Å². The predicted molar refractivity (Wildman–Crippen MR) is 45.5 cm³/mol. The summed E-state index contributed by atoms with van der Waals surface area (Å²) < 4.78 is 66.9. The summed E-state index contributed by atoms with van der Waals surface area (Å²) in [5.41, 5.74) is -3.04. The molecule has 90 valence electrons. The molecule has 1 aromatic rings. The number of hydrogen-bond donors (Lipinski definition) is 0. The SMILES string of the molecule is COc1cc(C)c(C(F)(F)F)c(C(F)F)n1. The fourth-order valence-corrected chi connectivity index (χ4v) is 1.30. The van der Waals surface area contributed by atoms with Crippen LogP contribution in [0, 0.1) is 6.92 Å². The molecule has 0 radical (unpaired) electrons. The summed E-state index contributed by atoms with van der Waals surface area (Å²) in [6.07, 6.45) is -8.15. The van der Waals surface area contributed by atoms with Crippen molar-refractivity contribution in [3.8, 4) is 5.88 Å². The second-order valence-corrected chi connectivity index (χ2v) is 3.04. The monoisotopic (exact) mass is 241 g/mol. The van der Waals surface area contributed by atoms with Gasteiger partial charge in [0.05, 0.1) is 12.7 Å². The number of aryl methyl sites for hydroxylation is 1. The van der Waals surface area contributed by atoms with Gasteiger partial charge in [0.2, 0.25) is 5.88 Å². The highest BCUT2D eigenvalue weighted by atomic mass is 19.4. The number of ether oxygens (including phenoxy) is 1. The third-order valence-electron chi connectivity index (χ3n) is 1.92. The van der Waals surface area contributed by atoms with E-state index in [2.05, 4.69) is 9.72 Å². The molecular formula is C9H8F5NO. The Morgan fingerprint density at radius 1 is 1.31 bits per heavy atom. The van der Waals surface area contributed by atoms with Gasteiger partial charge in [-0.2, -0.15) is 13.2 Å². The maximum absolute atomic E-state index is 12.5. The number of halogens is 5. The van der Waals surface area contributed by atoms with Gasteiger partial charge >= 0.3 is 6.18 Å². The lowest BCUT2D eigenvalue weighted by Gasteiger charge is -2.15. The Kier molecular flexibility index (Phi) is 3.35. The summed E-state index contributed by atoms with van der Waals surface area (Å²) >= 11 is 0. The summed E-state index contributed by atoms with van der Waals surface area (Å²) in [4.78, 5) is 3.13. The number of aromatic nitrogens is 1. The second kappa shape index (κ2) is 4.23. The zero-order valence-electron chi connectivity index (χ0n) is 8.40. The van der Waals surface area contributed by atoms with Crippen molar-refractivity contribution in [1.82, 2.24) is 4.98 Å². The molecule has 1 rings (SSSR count). The number of nitrogens with zero attached hydrogens (tertiary/aromatic N) is 1. The highest BCUT2D eigenvalue weighted by Gasteiger charge is 2.38. The number of hydrogen-bond acceptors (Lipinski definition) is 2. The molecule has 0 saturated heterocycles. The molecule has 0 atom stereocenters. The first-order chi connectivity index (χ1) is 7.27. The van der Waals surface area contributed by atoms with Gasteiger partial charge in [-0.3, -0.25) is 0 Å². The van der Waals surface area contributed by atoms with E-state index in [-0.39, 0.29) is 11.4 Å². The van der Waals surface area contributed by atoms with Gasteiger partial charge in [0.1, 0.15) is 5.69 Å². The van der Waals surface area contributed by atoms with E-state index in [1.165, 1.54) is 0 Å². The van der Waals surface area contributed by atoms with Crippen LogP contribution in [-0.2, 0) is 6.18 Å². The third-order valence-corrected chi connectivity index (χ3v) is 1.92. The Morgan fingerprint density at radius 3 is 2.25 bits per heavy atom. The molecule has 0 aliphatic heterocycles. The molecule has 0 amide bonds. The lowest BCUT2D eigenvalue weighted by Crippen LogP contribution is -2.14. The Balaban J connectivity index is 3.46. The van der Waals surface area contributed by atoms with E-state index in [9.17, 15) is 22.0 Å². The lowest BCUT2D eigenvalue weighted by molar-refractivity contribution is -0.140. The van der Waals surface area contributed by atoms with Gasteiger partial charge in [-0.1, -0.05) is 0 Å². The largest absolute Gasteiger partial charge is 0.481 e. The number of alkyl halides is 5. The Hall–Kier alpha value is -1.40. The van der Waals surface area contributed by atoms with Crippen molar-refractivity contribution in [1.29, 1.82) is 0 Å². The Morgan fingerprint density at radius 2 is 1.88 bits per heavy atom. The van der Waals surface area contributed by atoms with Crippen molar-refractivity contribution in [2.75, 3.05) is 7.11 Å². The number of pyridine rings is 1. The van der Waals surface area contributed by atoms with E-state index in [0.717, 1.165) is 20.1 Å². The topological polar surface area (TPSA) is 22.1 Å². The molecule has 1 heterocycles. The van der Waals surface area contributed by atoms with Crippen LogP contribution in [0.2, 0.25) is 0 Å². The maximum atomic E-state index is 12.5. The van der Waals surface area contributed by atoms with Crippen molar-refractivity contribution in [2.24, 2.45) is 0 Å². The molecular weight excluding hydrogens is 233 g/mol. The van der Waals surface area contributed by atoms with Gasteiger partial charge in [0.15, 0.2) is 0 Å². The fourth-order valence-electron chi connectivity index (χ4n) is 1.30. The van der Waals surface area contributed by atoms with Crippen molar-refractivity contribution >= 4 is 0 Å². The van der Waals surface area contributed by atoms with Crippen LogP contribution in [0.3, 0.4) is 0 Å². The molecule has 0 saturated carbocycles. The van der Waals surface area contributed by atoms with Gasteiger partial charge in [-0.15, -0.1) is 0 Å².